The van der Waals surface area contributed by atoms with Crippen molar-refractivity contribution in [2.75, 3.05) is 0 Å². The Morgan fingerprint density at radius 2 is 1.89 bits per heavy atom. The highest BCUT2D eigenvalue weighted by molar-refractivity contribution is 8.13. The van der Waals surface area contributed by atoms with Gasteiger partial charge in [0.05, 0.1) is 10.7 Å². The van der Waals surface area contributed by atoms with Crippen LogP contribution in [-0.2, 0) is 9.05 Å². The molecule has 0 bridgehead atoms. The van der Waals surface area contributed by atoms with Crippen molar-refractivity contribution in [1.29, 1.82) is 0 Å². The van der Waals surface area contributed by atoms with Crippen LogP contribution in [0.5, 0.6) is 0 Å². The highest BCUT2D eigenvalue weighted by Crippen LogP contribution is 2.29. The van der Waals surface area contributed by atoms with Gasteiger partial charge >= 0.3 is 0 Å². The average molecular weight is 305 g/mol. The fourth-order valence-corrected chi connectivity index (χ4v) is 2.85. The van der Waals surface area contributed by atoms with E-state index in [4.69, 9.17) is 22.3 Å². The fourth-order valence-electron chi connectivity index (χ4n) is 1.35. The molecule has 0 saturated carbocycles. The molecule has 94 valence electrons. The number of hydrogen-bond donors (Lipinski definition) is 1. The molecule has 0 radical (unpaired) electrons. The third-order valence-electron chi connectivity index (χ3n) is 2.17. The zero-order valence-electron chi connectivity index (χ0n) is 8.72. The van der Waals surface area contributed by atoms with Gasteiger partial charge in [-0.3, -0.25) is 4.79 Å². The van der Waals surface area contributed by atoms with Crippen molar-refractivity contribution in [3.63, 3.8) is 0 Å². The second-order valence-electron chi connectivity index (χ2n) is 3.39. The summed E-state index contributed by atoms with van der Waals surface area (Å²) in [5.74, 6) is 0. The summed E-state index contributed by atoms with van der Waals surface area (Å²) < 4.78 is 22.6. The summed E-state index contributed by atoms with van der Waals surface area (Å²) in [6.07, 6.45) is 0. The molecule has 2 rings (SSSR count). The summed E-state index contributed by atoms with van der Waals surface area (Å²) >= 11 is 5.75. The second-order valence-corrected chi connectivity index (χ2v) is 6.33. The van der Waals surface area contributed by atoms with E-state index in [9.17, 15) is 13.2 Å². The maximum atomic E-state index is 11.3. The van der Waals surface area contributed by atoms with Crippen LogP contribution in [-0.4, -0.2) is 18.6 Å². The number of nitrogens with zero attached hydrogens (tertiary/aromatic N) is 1. The maximum Gasteiger partial charge on any atom is 0.264 e. The quantitative estimate of drug-likeness (QED) is 0.861. The van der Waals surface area contributed by atoms with Crippen LogP contribution in [0, 0.1) is 0 Å². The van der Waals surface area contributed by atoms with Gasteiger partial charge in [-0.05, 0) is 18.2 Å². The molecule has 5 nitrogen and oxygen atoms in total. The summed E-state index contributed by atoms with van der Waals surface area (Å²) in [6.45, 7) is 0. The lowest BCUT2D eigenvalue weighted by Crippen LogP contribution is -2.05. The average Bonchev–Trinajstić information content (AvgIpc) is 2.29. The minimum absolute atomic E-state index is 0.0261. The Morgan fingerprint density at radius 1 is 1.17 bits per heavy atom. The molecule has 0 unspecified atom stereocenters. The van der Waals surface area contributed by atoms with Gasteiger partial charge in [-0.2, -0.15) is 5.10 Å². The van der Waals surface area contributed by atoms with Crippen molar-refractivity contribution in [2.45, 2.75) is 4.90 Å². The molecule has 1 N–H and O–H groups in total. The van der Waals surface area contributed by atoms with E-state index in [-0.39, 0.29) is 15.5 Å². The van der Waals surface area contributed by atoms with Gasteiger partial charge in [0.25, 0.3) is 14.6 Å². The van der Waals surface area contributed by atoms with Gasteiger partial charge in [0.15, 0.2) is 0 Å². The molecule has 1 aromatic heterocycles. The van der Waals surface area contributed by atoms with Gasteiger partial charge in [-0.1, -0.05) is 17.7 Å². The Kier molecular flexibility index (Phi) is 3.43. The van der Waals surface area contributed by atoms with Gasteiger partial charge in [-0.25, -0.2) is 13.5 Å². The van der Waals surface area contributed by atoms with E-state index >= 15 is 0 Å². The number of nitrogens with one attached hydrogen (secondary N) is 1. The molecule has 0 atom stereocenters. The minimum Gasteiger partial charge on any atom is -0.268 e. The molecule has 18 heavy (non-hydrogen) atoms. The molecular formula is C10H6Cl2N2O3S. The van der Waals surface area contributed by atoms with E-state index in [0.717, 1.165) is 0 Å². The first kappa shape index (κ1) is 13.1. The SMILES string of the molecule is O=c1ccc(-c2ccc(Cl)c(S(=O)(=O)Cl)c2)n[nH]1. The predicted molar refractivity (Wildman–Crippen MR) is 68.3 cm³/mol. The molecule has 0 aliphatic rings. The van der Waals surface area contributed by atoms with Gasteiger partial charge < -0.3 is 0 Å². The maximum absolute atomic E-state index is 11.3. The number of aromatic amines is 1. The molecule has 1 heterocycles. The Bertz CT molecular complexity index is 735. The van der Waals surface area contributed by atoms with Crippen molar-refractivity contribution >= 4 is 31.3 Å². The second kappa shape index (κ2) is 4.72. The first-order valence-corrected chi connectivity index (χ1v) is 7.37. The Morgan fingerprint density at radius 3 is 2.44 bits per heavy atom. The molecule has 1 aromatic carbocycles. The number of H-pyrrole nitrogens is 1. The third-order valence-corrected chi connectivity index (χ3v) is 3.97. The Labute approximate surface area is 112 Å². The highest BCUT2D eigenvalue weighted by atomic mass is 35.7. The standard InChI is InChI=1S/C10H6Cl2N2O3S/c11-7-2-1-6(5-9(7)18(12,16)17)8-3-4-10(15)14-13-8/h1-5H,(H,14,15). The monoisotopic (exact) mass is 304 g/mol. The van der Waals surface area contributed by atoms with Crippen LogP contribution in [0.2, 0.25) is 5.02 Å². The summed E-state index contributed by atoms with van der Waals surface area (Å²) in [5.41, 5.74) is 0.542. The Hall–Kier alpha value is -1.37. The molecule has 0 fully saturated rings. The predicted octanol–water partition coefficient (Wildman–Crippen LogP) is 2.02. The first-order chi connectivity index (χ1) is 8.38. The van der Waals surface area contributed by atoms with Crippen molar-refractivity contribution in [3.8, 4) is 11.3 Å². The number of rotatable bonds is 2. The van der Waals surface area contributed by atoms with Gasteiger partial charge in [0.1, 0.15) is 4.90 Å². The number of aromatic nitrogens is 2. The lowest BCUT2D eigenvalue weighted by atomic mass is 10.1. The van der Waals surface area contributed by atoms with Crippen LogP contribution >= 0.6 is 22.3 Å². The normalized spacial score (nSPS) is 11.4. The minimum atomic E-state index is -3.93. The molecule has 8 heteroatoms. The van der Waals surface area contributed by atoms with Crippen LogP contribution in [0.4, 0.5) is 0 Å². The smallest absolute Gasteiger partial charge is 0.264 e. The van der Waals surface area contributed by atoms with Crippen LogP contribution in [0.15, 0.2) is 40.0 Å². The topological polar surface area (TPSA) is 79.9 Å². The van der Waals surface area contributed by atoms with Crippen LogP contribution in [0.1, 0.15) is 0 Å². The first-order valence-electron chi connectivity index (χ1n) is 4.68. The number of halogens is 2. The van der Waals surface area contributed by atoms with Gasteiger partial charge in [0, 0.05) is 22.3 Å². The van der Waals surface area contributed by atoms with Crippen molar-refractivity contribution in [1.82, 2.24) is 10.2 Å². The zero-order valence-corrected chi connectivity index (χ0v) is 11.1. The highest BCUT2D eigenvalue weighted by Gasteiger charge is 2.16. The molecule has 2 aromatic rings. The number of hydrogen-bond acceptors (Lipinski definition) is 4. The van der Waals surface area contributed by atoms with Gasteiger partial charge in [-0.15, -0.1) is 0 Å². The molecule has 0 spiro atoms. The van der Waals surface area contributed by atoms with Crippen molar-refractivity contribution < 1.29 is 8.42 Å². The van der Waals surface area contributed by atoms with E-state index in [0.29, 0.717) is 11.3 Å². The fraction of sp³-hybridized carbons (Fsp3) is 0. The lowest BCUT2D eigenvalue weighted by Gasteiger charge is -2.04. The number of benzene rings is 1. The molecule has 0 amide bonds. The van der Waals surface area contributed by atoms with Crippen LogP contribution < -0.4 is 5.56 Å². The summed E-state index contributed by atoms with van der Waals surface area (Å²) in [5, 5.41) is 6.06. The summed E-state index contributed by atoms with van der Waals surface area (Å²) in [4.78, 5) is 10.7. The van der Waals surface area contributed by atoms with Gasteiger partial charge in [0.2, 0.25) is 0 Å². The molecular weight excluding hydrogens is 299 g/mol. The van der Waals surface area contributed by atoms with E-state index in [1.165, 1.54) is 24.3 Å². The van der Waals surface area contributed by atoms with Crippen LogP contribution in [0.25, 0.3) is 11.3 Å². The summed E-state index contributed by atoms with van der Waals surface area (Å²) in [7, 11) is 1.33. The Balaban J connectivity index is 2.61. The van der Waals surface area contributed by atoms with Crippen LogP contribution in [0.3, 0.4) is 0 Å². The van der Waals surface area contributed by atoms with Crippen molar-refractivity contribution in [2.24, 2.45) is 0 Å². The summed E-state index contributed by atoms with van der Waals surface area (Å²) in [6, 6.07) is 7.03. The van der Waals surface area contributed by atoms with E-state index in [1.807, 2.05) is 0 Å². The van der Waals surface area contributed by atoms with E-state index in [2.05, 4.69) is 10.2 Å². The zero-order chi connectivity index (χ0) is 13.3. The van der Waals surface area contributed by atoms with E-state index in [1.54, 1.807) is 6.07 Å². The lowest BCUT2D eigenvalue weighted by molar-refractivity contribution is 0.609. The molecule has 0 aliphatic heterocycles. The molecule has 0 saturated heterocycles. The largest absolute Gasteiger partial charge is 0.268 e. The van der Waals surface area contributed by atoms with E-state index < -0.39 is 9.05 Å². The third kappa shape index (κ3) is 2.72. The molecule has 0 aliphatic carbocycles. The van der Waals surface area contributed by atoms with Crippen molar-refractivity contribution in [3.05, 3.63) is 45.7 Å².